The zero-order chi connectivity index (χ0) is 15.3. The molecule has 1 aromatic heterocycles. The van der Waals surface area contributed by atoms with Gasteiger partial charge in [0.1, 0.15) is 6.20 Å². The van der Waals surface area contributed by atoms with Crippen LogP contribution in [0.3, 0.4) is 0 Å². The first-order valence-corrected chi connectivity index (χ1v) is 6.04. The van der Waals surface area contributed by atoms with Crippen LogP contribution < -0.4 is 11.1 Å². The average molecular weight is 283 g/mol. The van der Waals surface area contributed by atoms with Gasteiger partial charge in [0.05, 0.1) is 10.8 Å². The van der Waals surface area contributed by atoms with Crippen molar-refractivity contribution in [3.63, 3.8) is 0 Å². The lowest BCUT2D eigenvalue weighted by Gasteiger charge is -2.15. The minimum atomic E-state index is -0.916. The summed E-state index contributed by atoms with van der Waals surface area (Å²) in [5.41, 5.74) is 5.04. The molecule has 20 heavy (non-hydrogen) atoms. The molecule has 9 nitrogen and oxygen atoms in total. The minimum absolute atomic E-state index is 0.0723. The Bertz CT molecular complexity index is 506. The van der Waals surface area contributed by atoms with Crippen LogP contribution in [-0.2, 0) is 4.79 Å². The summed E-state index contributed by atoms with van der Waals surface area (Å²) in [4.78, 5) is 28.4. The van der Waals surface area contributed by atoms with E-state index in [2.05, 4.69) is 15.3 Å². The zero-order valence-corrected chi connectivity index (χ0v) is 11.2. The Hall–Kier alpha value is -2.45. The fourth-order valence-corrected chi connectivity index (χ4v) is 1.67. The molecule has 0 fully saturated rings. The number of carboxylic acid groups (broad SMARTS) is 1. The van der Waals surface area contributed by atoms with Gasteiger partial charge in [-0.3, -0.25) is 14.9 Å². The van der Waals surface area contributed by atoms with Gasteiger partial charge in [-0.15, -0.1) is 0 Å². The molecule has 9 heteroatoms. The monoisotopic (exact) mass is 283 g/mol. The lowest BCUT2D eigenvalue weighted by atomic mass is 9.97. The molecular formula is C11H17N5O4. The lowest BCUT2D eigenvalue weighted by molar-refractivity contribution is -0.384. The highest BCUT2D eigenvalue weighted by molar-refractivity contribution is 5.70. The molecule has 1 rings (SSSR count). The van der Waals surface area contributed by atoms with Gasteiger partial charge in [0.25, 0.3) is 0 Å². The second-order valence-electron chi connectivity index (χ2n) is 4.77. The van der Waals surface area contributed by atoms with Gasteiger partial charge in [-0.25, -0.2) is 4.98 Å². The third kappa shape index (κ3) is 4.34. The van der Waals surface area contributed by atoms with Gasteiger partial charge in [-0.05, 0) is 12.3 Å². The predicted octanol–water partition coefficient (Wildman–Crippen LogP) is 1.13. The maximum atomic E-state index is 11.1. The fraction of sp³-hybridized carbons (Fsp3) is 0.545. The van der Waals surface area contributed by atoms with Crippen LogP contribution in [0.2, 0.25) is 0 Å². The summed E-state index contributed by atoms with van der Waals surface area (Å²) in [5, 5.41) is 22.4. The largest absolute Gasteiger partial charge is 0.481 e. The van der Waals surface area contributed by atoms with Crippen molar-refractivity contribution in [2.45, 2.75) is 20.3 Å². The Morgan fingerprint density at radius 1 is 1.60 bits per heavy atom. The number of nitrogens with two attached hydrogens (primary N) is 1. The van der Waals surface area contributed by atoms with E-state index in [9.17, 15) is 14.9 Å². The summed E-state index contributed by atoms with van der Waals surface area (Å²) in [5.74, 6) is -1.46. The Labute approximate surface area is 115 Å². The van der Waals surface area contributed by atoms with Crippen LogP contribution in [0.25, 0.3) is 0 Å². The molecular weight excluding hydrogens is 266 g/mol. The van der Waals surface area contributed by atoms with E-state index in [0.29, 0.717) is 6.42 Å². The van der Waals surface area contributed by atoms with Crippen molar-refractivity contribution in [2.75, 3.05) is 17.6 Å². The fourth-order valence-electron chi connectivity index (χ4n) is 1.67. The number of carbonyl (C=O) groups is 1. The minimum Gasteiger partial charge on any atom is -0.481 e. The first kappa shape index (κ1) is 15.6. The number of nitrogen functional groups attached to an aromatic ring is 1. The number of nitro groups is 1. The number of aromatic nitrogens is 2. The van der Waals surface area contributed by atoms with Gasteiger partial charge >= 0.3 is 11.7 Å². The van der Waals surface area contributed by atoms with Crippen molar-refractivity contribution < 1.29 is 14.8 Å². The maximum absolute atomic E-state index is 11.1. The van der Waals surface area contributed by atoms with E-state index in [1.807, 2.05) is 13.8 Å². The molecule has 0 aromatic carbocycles. The van der Waals surface area contributed by atoms with Crippen molar-refractivity contribution >= 4 is 23.4 Å². The first-order chi connectivity index (χ1) is 9.31. The van der Waals surface area contributed by atoms with Gasteiger partial charge in [0.15, 0.2) is 0 Å². The topological polar surface area (TPSA) is 144 Å². The second kappa shape index (κ2) is 6.64. The van der Waals surface area contributed by atoms with Crippen LogP contribution in [-0.4, -0.2) is 32.5 Å². The van der Waals surface area contributed by atoms with Gasteiger partial charge < -0.3 is 16.2 Å². The molecule has 110 valence electrons. The molecule has 1 atom stereocenters. The smallest absolute Gasteiger partial charge is 0.329 e. The van der Waals surface area contributed by atoms with Gasteiger partial charge in [0.2, 0.25) is 11.8 Å². The molecule has 0 bridgehead atoms. The van der Waals surface area contributed by atoms with E-state index < -0.39 is 16.8 Å². The number of aliphatic carboxylic acids is 1. The molecule has 0 aliphatic heterocycles. The SMILES string of the molecule is CC(C)CC(CNc1ncc([N+](=O)[O-])c(N)n1)C(=O)O. The average Bonchev–Trinajstić information content (AvgIpc) is 2.33. The molecule has 0 amide bonds. The van der Waals surface area contributed by atoms with E-state index in [4.69, 9.17) is 10.8 Å². The van der Waals surface area contributed by atoms with E-state index >= 15 is 0 Å². The Morgan fingerprint density at radius 2 is 2.25 bits per heavy atom. The van der Waals surface area contributed by atoms with Crippen LogP contribution in [0.5, 0.6) is 0 Å². The molecule has 1 aromatic rings. The number of hydrogen-bond donors (Lipinski definition) is 3. The molecule has 1 heterocycles. The van der Waals surface area contributed by atoms with E-state index in [0.717, 1.165) is 6.20 Å². The van der Waals surface area contributed by atoms with E-state index in [1.165, 1.54) is 0 Å². The van der Waals surface area contributed by atoms with Crippen LogP contribution >= 0.6 is 0 Å². The predicted molar refractivity (Wildman–Crippen MR) is 72.2 cm³/mol. The van der Waals surface area contributed by atoms with Crippen LogP contribution in [0, 0.1) is 22.0 Å². The van der Waals surface area contributed by atoms with Crippen LogP contribution in [0.4, 0.5) is 17.5 Å². The third-order valence-electron chi connectivity index (χ3n) is 2.61. The Balaban J connectivity index is 2.71. The Morgan fingerprint density at radius 3 is 2.70 bits per heavy atom. The molecule has 0 aliphatic carbocycles. The molecule has 0 aliphatic rings. The highest BCUT2D eigenvalue weighted by Gasteiger charge is 2.20. The van der Waals surface area contributed by atoms with Crippen LogP contribution in [0.1, 0.15) is 20.3 Å². The molecule has 0 saturated heterocycles. The molecule has 4 N–H and O–H groups in total. The normalized spacial score (nSPS) is 12.2. The molecule has 1 unspecified atom stereocenters. The van der Waals surface area contributed by atoms with Gasteiger partial charge in [-0.2, -0.15) is 4.98 Å². The highest BCUT2D eigenvalue weighted by atomic mass is 16.6. The van der Waals surface area contributed by atoms with Crippen LogP contribution in [0.15, 0.2) is 6.20 Å². The highest BCUT2D eigenvalue weighted by Crippen LogP contribution is 2.19. The maximum Gasteiger partial charge on any atom is 0.329 e. The van der Waals surface area contributed by atoms with Crippen molar-refractivity contribution in [2.24, 2.45) is 11.8 Å². The summed E-state index contributed by atoms with van der Waals surface area (Å²) in [7, 11) is 0. The standard InChI is InChI=1S/C11H17N5O4/c1-6(2)3-7(10(17)18)4-13-11-14-5-8(16(19)20)9(12)15-11/h5-7H,3-4H2,1-2H3,(H,17,18)(H3,12,13,14,15). The van der Waals surface area contributed by atoms with Crippen molar-refractivity contribution in [1.29, 1.82) is 0 Å². The van der Waals surface area contributed by atoms with Crippen molar-refractivity contribution in [3.8, 4) is 0 Å². The number of nitrogens with zero attached hydrogens (tertiary/aromatic N) is 3. The molecule has 0 radical (unpaired) electrons. The molecule has 0 saturated carbocycles. The summed E-state index contributed by atoms with van der Waals surface area (Å²) in [6.07, 6.45) is 1.49. The Kier molecular flexibility index (Phi) is 5.18. The summed E-state index contributed by atoms with van der Waals surface area (Å²) in [6.45, 7) is 3.98. The second-order valence-corrected chi connectivity index (χ2v) is 4.77. The lowest BCUT2D eigenvalue weighted by Crippen LogP contribution is -2.25. The first-order valence-electron chi connectivity index (χ1n) is 6.04. The van der Waals surface area contributed by atoms with Gasteiger partial charge in [-0.1, -0.05) is 13.8 Å². The van der Waals surface area contributed by atoms with Crippen molar-refractivity contribution in [3.05, 3.63) is 16.3 Å². The zero-order valence-electron chi connectivity index (χ0n) is 11.2. The number of carboxylic acids is 1. The number of hydrogen-bond acceptors (Lipinski definition) is 7. The van der Waals surface area contributed by atoms with E-state index in [-0.39, 0.29) is 29.9 Å². The van der Waals surface area contributed by atoms with Gasteiger partial charge in [0, 0.05) is 6.54 Å². The summed E-state index contributed by atoms with van der Waals surface area (Å²) in [6, 6.07) is 0. The number of nitrogens with one attached hydrogen (secondary N) is 1. The van der Waals surface area contributed by atoms with Crippen molar-refractivity contribution in [1.82, 2.24) is 9.97 Å². The summed E-state index contributed by atoms with van der Waals surface area (Å²) < 4.78 is 0. The molecule has 0 spiro atoms. The quantitative estimate of drug-likeness (QED) is 0.498. The third-order valence-corrected chi connectivity index (χ3v) is 2.61. The number of rotatable bonds is 7. The number of anilines is 2. The summed E-state index contributed by atoms with van der Waals surface area (Å²) >= 11 is 0. The van der Waals surface area contributed by atoms with E-state index in [1.54, 1.807) is 0 Å².